The standard InChI is InChI=1S/C17H24N2O2/c20-15-7-5-12(6-8-15)10-19-17(21)14-9-13-3-1-2-4-16(13)18-11-14/h1-4,12,14-15,18,20H,5-11H2,(H,19,21). The number of carbonyl (C=O) groups is 1. The molecule has 0 spiro atoms. The Morgan fingerprint density at radius 3 is 2.81 bits per heavy atom. The molecule has 3 N–H and O–H groups in total. The van der Waals surface area contributed by atoms with Crippen molar-refractivity contribution >= 4 is 11.6 Å². The van der Waals surface area contributed by atoms with Crippen LogP contribution in [0.15, 0.2) is 24.3 Å². The topological polar surface area (TPSA) is 61.4 Å². The van der Waals surface area contributed by atoms with Crippen LogP contribution in [0, 0.1) is 11.8 Å². The molecule has 114 valence electrons. The first-order valence-electron chi connectivity index (χ1n) is 8.00. The molecule has 0 radical (unpaired) electrons. The Labute approximate surface area is 125 Å². The van der Waals surface area contributed by atoms with Crippen molar-refractivity contribution in [3.63, 3.8) is 0 Å². The highest BCUT2D eigenvalue weighted by Crippen LogP contribution is 2.25. The van der Waals surface area contributed by atoms with Gasteiger partial charge in [0, 0.05) is 18.8 Å². The Balaban J connectivity index is 1.48. The van der Waals surface area contributed by atoms with E-state index in [-0.39, 0.29) is 17.9 Å². The van der Waals surface area contributed by atoms with Crippen LogP contribution in [0.2, 0.25) is 0 Å². The predicted octanol–water partition coefficient (Wildman–Crippen LogP) is 1.94. The Hall–Kier alpha value is -1.55. The van der Waals surface area contributed by atoms with Crippen LogP contribution >= 0.6 is 0 Å². The van der Waals surface area contributed by atoms with Gasteiger partial charge in [-0.3, -0.25) is 4.79 Å². The van der Waals surface area contributed by atoms with Crippen LogP contribution in [0.1, 0.15) is 31.2 Å². The van der Waals surface area contributed by atoms with Crippen LogP contribution in [-0.4, -0.2) is 30.2 Å². The third-order valence-electron chi connectivity index (χ3n) is 4.77. The Morgan fingerprint density at radius 2 is 2.00 bits per heavy atom. The maximum Gasteiger partial charge on any atom is 0.225 e. The zero-order chi connectivity index (χ0) is 14.7. The van der Waals surface area contributed by atoms with Crippen molar-refractivity contribution in [2.24, 2.45) is 11.8 Å². The van der Waals surface area contributed by atoms with E-state index in [4.69, 9.17) is 0 Å². The molecule has 1 atom stereocenters. The Bertz CT molecular complexity index is 495. The summed E-state index contributed by atoms with van der Waals surface area (Å²) < 4.78 is 0. The van der Waals surface area contributed by atoms with E-state index in [1.807, 2.05) is 12.1 Å². The van der Waals surface area contributed by atoms with Gasteiger partial charge < -0.3 is 15.7 Å². The van der Waals surface area contributed by atoms with Gasteiger partial charge >= 0.3 is 0 Å². The molecule has 0 aromatic heterocycles. The van der Waals surface area contributed by atoms with Crippen molar-refractivity contribution in [2.75, 3.05) is 18.4 Å². The molecule has 21 heavy (non-hydrogen) atoms. The average molecular weight is 288 g/mol. The summed E-state index contributed by atoms with van der Waals surface area (Å²) in [6, 6.07) is 8.19. The molecular formula is C17H24N2O2. The summed E-state index contributed by atoms with van der Waals surface area (Å²) in [5.74, 6) is 0.707. The lowest BCUT2D eigenvalue weighted by Crippen LogP contribution is -2.40. The number of hydrogen-bond donors (Lipinski definition) is 3. The minimum Gasteiger partial charge on any atom is -0.393 e. The number of nitrogens with one attached hydrogen (secondary N) is 2. The first-order chi connectivity index (χ1) is 10.2. The van der Waals surface area contributed by atoms with E-state index in [0.29, 0.717) is 12.5 Å². The number of aliphatic hydroxyl groups excluding tert-OH is 1. The molecule has 1 aromatic carbocycles. The van der Waals surface area contributed by atoms with Crippen LogP contribution in [0.25, 0.3) is 0 Å². The fraction of sp³-hybridized carbons (Fsp3) is 0.588. The highest BCUT2D eigenvalue weighted by Gasteiger charge is 2.25. The second kappa shape index (κ2) is 6.48. The third kappa shape index (κ3) is 3.56. The smallest absolute Gasteiger partial charge is 0.225 e. The largest absolute Gasteiger partial charge is 0.393 e. The van der Waals surface area contributed by atoms with E-state index in [0.717, 1.165) is 44.3 Å². The van der Waals surface area contributed by atoms with E-state index in [1.54, 1.807) is 0 Å². The van der Waals surface area contributed by atoms with Gasteiger partial charge in [0.25, 0.3) is 0 Å². The molecule has 2 aliphatic rings. The third-order valence-corrected chi connectivity index (χ3v) is 4.77. The van der Waals surface area contributed by atoms with Gasteiger partial charge in [0.1, 0.15) is 0 Å². The number of aliphatic hydroxyl groups is 1. The van der Waals surface area contributed by atoms with E-state index < -0.39 is 0 Å². The van der Waals surface area contributed by atoms with Crippen LogP contribution in [0.4, 0.5) is 5.69 Å². The number of carbonyl (C=O) groups excluding carboxylic acids is 1. The first kappa shape index (κ1) is 14.4. The minimum absolute atomic E-state index is 0.0223. The molecule has 1 heterocycles. The predicted molar refractivity (Wildman–Crippen MR) is 83.1 cm³/mol. The summed E-state index contributed by atoms with van der Waals surface area (Å²) in [7, 11) is 0. The summed E-state index contributed by atoms with van der Waals surface area (Å²) in [5.41, 5.74) is 2.38. The van der Waals surface area contributed by atoms with Crippen molar-refractivity contribution in [1.29, 1.82) is 0 Å². The summed E-state index contributed by atoms with van der Waals surface area (Å²) in [5, 5.41) is 16.0. The quantitative estimate of drug-likeness (QED) is 0.796. The number of hydrogen-bond acceptors (Lipinski definition) is 3. The summed E-state index contributed by atoms with van der Waals surface area (Å²) in [6.45, 7) is 1.47. The van der Waals surface area contributed by atoms with Crippen LogP contribution in [0.5, 0.6) is 0 Å². The SMILES string of the molecule is O=C(NCC1CCC(O)CC1)C1CNc2ccccc2C1. The van der Waals surface area contributed by atoms with Gasteiger partial charge in [-0.2, -0.15) is 0 Å². The molecule has 0 bridgehead atoms. The number of para-hydroxylation sites is 1. The van der Waals surface area contributed by atoms with Crippen molar-refractivity contribution in [2.45, 2.75) is 38.2 Å². The lowest BCUT2D eigenvalue weighted by molar-refractivity contribution is -0.124. The normalized spacial score (nSPS) is 28.3. The van der Waals surface area contributed by atoms with E-state index in [9.17, 15) is 9.90 Å². The molecule has 1 unspecified atom stereocenters. The molecule has 4 heteroatoms. The van der Waals surface area contributed by atoms with Gasteiger partial charge in [-0.1, -0.05) is 18.2 Å². The van der Waals surface area contributed by atoms with Crippen LogP contribution in [-0.2, 0) is 11.2 Å². The Kier molecular flexibility index (Phi) is 4.44. The van der Waals surface area contributed by atoms with E-state index in [1.165, 1.54) is 5.56 Å². The van der Waals surface area contributed by atoms with E-state index >= 15 is 0 Å². The van der Waals surface area contributed by atoms with Gasteiger partial charge in [0.15, 0.2) is 0 Å². The molecule has 1 fully saturated rings. The molecule has 4 nitrogen and oxygen atoms in total. The lowest BCUT2D eigenvalue weighted by Gasteiger charge is -2.28. The van der Waals surface area contributed by atoms with Gasteiger partial charge in [-0.15, -0.1) is 0 Å². The van der Waals surface area contributed by atoms with Crippen molar-refractivity contribution < 1.29 is 9.90 Å². The lowest BCUT2D eigenvalue weighted by atomic mass is 9.87. The van der Waals surface area contributed by atoms with Crippen molar-refractivity contribution in [1.82, 2.24) is 5.32 Å². The molecule has 1 amide bonds. The second-order valence-corrected chi connectivity index (χ2v) is 6.36. The van der Waals surface area contributed by atoms with Gasteiger partial charge in [-0.25, -0.2) is 0 Å². The molecule has 1 saturated carbocycles. The van der Waals surface area contributed by atoms with Crippen molar-refractivity contribution in [3.05, 3.63) is 29.8 Å². The fourth-order valence-corrected chi connectivity index (χ4v) is 3.37. The average Bonchev–Trinajstić information content (AvgIpc) is 2.53. The second-order valence-electron chi connectivity index (χ2n) is 6.36. The number of rotatable bonds is 3. The zero-order valence-corrected chi connectivity index (χ0v) is 12.3. The molecule has 0 saturated heterocycles. The highest BCUT2D eigenvalue weighted by molar-refractivity contribution is 5.80. The molecule has 3 rings (SSSR count). The van der Waals surface area contributed by atoms with Crippen molar-refractivity contribution in [3.8, 4) is 0 Å². The van der Waals surface area contributed by atoms with Gasteiger partial charge in [0.2, 0.25) is 5.91 Å². The summed E-state index contributed by atoms with van der Waals surface area (Å²) in [4.78, 5) is 12.3. The van der Waals surface area contributed by atoms with Gasteiger partial charge in [-0.05, 0) is 49.7 Å². The number of anilines is 1. The van der Waals surface area contributed by atoms with Crippen LogP contribution < -0.4 is 10.6 Å². The molecule has 1 aliphatic heterocycles. The molecular weight excluding hydrogens is 264 g/mol. The monoisotopic (exact) mass is 288 g/mol. The van der Waals surface area contributed by atoms with E-state index in [2.05, 4.69) is 22.8 Å². The molecule has 1 aliphatic carbocycles. The zero-order valence-electron chi connectivity index (χ0n) is 12.3. The maximum atomic E-state index is 12.3. The summed E-state index contributed by atoms with van der Waals surface area (Å²) in [6.07, 6.45) is 4.48. The number of amides is 1. The number of benzene rings is 1. The first-order valence-corrected chi connectivity index (χ1v) is 8.00. The number of fused-ring (bicyclic) bond motifs is 1. The maximum absolute atomic E-state index is 12.3. The summed E-state index contributed by atoms with van der Waals surface area (Å²) >= 11 is 0. The van der Waals surface area contributed by atoms with Crippen LogP contribution in [0.3, 0.4) is 0 Å². The molecule has 1 aromatic rings. The highest BCUT2D eigenvalue weighted by atomic mass is 16.3. The Morgan fingerprint density at radius 1 is 1.24 bits per heavy atom. The van der Waals surface area contributed by atoms with Gasteiger partial charge in [0.05, 0.1) is 12.0 Å². The fourth-order valence-electron chi connectivity index (χ4n) is 3.37. The minimum atomic E-state index is -0.129.